The topological polar surface area (TPSA) is 107 Å². The highest BCUT2D eigenvalue weighted by atomic mass is 32.1. The monoisotopic (exact) mass is 448 g/mol. The van der Waals surface area contributed by atoms with Crippen LogP contribution in [-0.2, 0) is 9.47 Å². The van der Waals surface area contributed by atoms with Crippen molar-refractivity contribution in [2.45, 2.75) is 13.8 Å². The van der Waals surface area contributed by atoms with Crippen LogP contribution in [-0.4, -0.2) is 45.8 Å². The summed E-state index contributed by atoms with van der Waals surface area (Å²) in [6.07, 6.45) is 0. The molecule has 162 valence electrons. The molecule has 0 saturated carbocycles. The smallest absolute Gasteiger partial charge is 0.338 e. The zero-order chi connectivity index (χ0) is 22.5. The SMILES string of the molecule is CCOC(=O)c1ccc(-c2cc(-c3nnn[nH]3)c(-c3ccc(C(=O)OCC)cc3)s2)cc1. The van der Waals surface area contributed by atoms with Crippen LogP contribution in [0.1, 0.15) is 34.6 Å². The minimum absolute atomic E-state index is 0.326. The first kappa shape index (κ1) is 21.4. The van der Waals surface area contributed by atoms with Crippen molar-refractivity contribution in [3.05, 3.63) is 65.7 Å². The third kappa shape index (κ3) is 4.42. The van der Waals surface area contributed by atoms with E-state index < -0.39 is 0 Å². The number of benzene rings is 2. The maximum atomic E-state index is 12.0. The highest BCUT2D eigenvalue weighted by molar-refractivity contribution is 7.19. The van der Waals surface area contributed by atoms with Crippen LogP contribution in [0.2, 0.25) is 0 Å². The fourth-order valence-electron chi connectivity index (χ4n) is 3.15. The number of ether oxygens (including phenoxy) is 2. The van der Waals surface area contributed by atoms with Crippen molar-refractivity contribution in [3.8, 4) is 32.3 Å². The van der Waals surface area contributed by atoms with Gasteiger partial charge in [-0.2, -0.15) is 0 Å². The molecule has 0 amide bonds. The van der Waals surface area contributed by atoms with Gasteiger partial charge in [-0.05, 0) is 65.7 Å². The first-order chi connectivity index (χ1) is 15.6. The normalized spacial score (nSPS) is 10.7. The van der Waals surface area contributed by atoms with Crippen molar-refractivity contribution < 1.29 is 19.1 Å². The number of nitrogens with one attached hydrogen (secondary N) is 1. The number of hydrogen-bond acceptors (Lipinski definition) is 8. The Kier molecular flexibility index (Phi) is 6.37. The number of esters is 2. The number of carbonyl (C=O) groups excluding carboxylic acids is 2. The van der Waals surface area contributed by atoms with Crippen molar-refractivity contribution in [2.24, 2.45) is 0 Å². The van der Waals surface area contributed by atoms with E-state index in [0.717, 1.165) is 26.4 Å². The Morgan fingerprint density at radius 2 is 1.44 bits per heavy atom. The lowest BCUT2D eigenvalue weighted by atomic mass is 10.1. The molecule has 4 aromatic rings. The number of tetrazole rings is 1. The van der Waals surface area contributed by atoms with Gasteiger partial charge in [-0.1, -0.05) is 24.3 Å². The van der Waals surface area contributed by atoms with Crippen LogP contribution in [0.3, 0.4) is 0 Å². The van der Waals surface area contributed by atoms with Gasteiger partial charge in [0, 0.05) is 15.3 Å². The quantitative estimate of drug-likeness (QED) is 0.411. The number of aromatic amines is 1. The third-order valence-electron chi connectivity index (χ3n) is 4.67. The van der Waals surface area contributed by atoms with E-state index in [9.17, 15) is 9.59 Å². The van der Waals surface area contributed by atoms with Crippen molar-refractivity contribution in [1.82, 2.24) is 20.6 Å². The molecule has 0 fully saturated rings. The van der Waals surface area contributed by atoms with Gasteiger partial charge in [-0.25, -0.2) is 14.7 Å². The first-order valence-electron chi connectivity index (χ1n) is 10.0. The summed E-state index contributed by atoms with van der Waals surface area (Å²) in [5, 5.41) is 14.3. The van der Waals surface area contributed by atoms with E-state index >= 15 is 0 Å². The van der Waals surface area contributed by atoms with Crippen LogP contribution in [0.4, 0.5) is 0 Å². The molecule has 0 bridgehead atoms. The van der Waals surface area contributed by atoms with Gasteiger partial charge in [0.2, 0.25) is 0 Å². The average Bonchev–Trinajstić information content (AvgIpc) is 3.50. The number of aromatic nitrogens is 4. The van der Waals surface area contributed by atoms with Crippen LogP contribution in [0.25, 0.3) is 32.3 Å². The third-order valence-corrected chi connectivity index (χ3v) is 5.90. The minimum atomic E-state index is -0.354. The number of hydrogen-bond donors (Lipinski definition) is 1. The summed E-state index contributed by atoms with van der Waals surface area (Å²) in [4.78, 5) is 25.8. The molecule has 4 rings (SSSR count). The van der Waals surface area contributed by atoms with Gasteiger partial charge in [0.25, 0.3) is 0 Å². The molecule has 8 nitrogen and oxygen atoms in total. The lowest BCUT2D eigenvalue weighted by Gasteiger charge is -2.04. The molecule has 0 aliphatic heterocycles. The highest BCUT2D eigenvalue weighted by Crippen LogP contribution is 2.42. The Bertz CT molecular complexity index is 1220. The zero-order valence-corrected chi connectivity index (χ0v) is 18.3. The Balaban J connectivity index is 1.70. The van der Waals surface area contributed by atoms with Crippen molar-refractivity contribution in [2.75, 3.05) is 13.2 Å². The standard InChI is InChI=1S/C23H20N4O4S/c1-3-30-22(28)16-9-5-14(6-10-16)19-13-18(21-24-26-27-25-21)20(32-19)15-7-11-17(12-8-15)23(29)31-4-2/h5-13H,3-4H2,1-2H3,(H,24,25,26,27). The average molecular weight is 449 g/mol. The van der Waals surface area contributed by atoms with Gasteiger partial charge in [-0.15, -0.1) is 16.4 Å². The van der Waals surface area contributed by atoms with Gasteiger partial charge in [0.15, 0.2) is 5.82 Å². The summed E-state index contributed by atoms with van der Waals surface area (Å²) in [5.74, 6) is -0.159. The maximum absolute atomic E-state index is 12.0. The van der Waals surface area contributed by atoms with E-state index in [-0.39, 0.29) is 11.9 Å². The molecular formula is C23H20N4O4S. The van der Waals surface area contributed by atoms with Gasteiger partial charge < -0.3 is 9.47 Å². The minimum Gasteiger partial charge on any atom is -0.462 e. The second-order valence-corrected chi connectivity index (χ2v) is 7.75. The largest absolute Gasteiger partial charge is 0.462 e. The molecule has 0 unspecified atom stereocenters. The molecule has 2 aromatic heterocycles. The number of H-pyrrole nitrogens is 1. The second-order valence-electron chi connectivity index (χ2n) is 6.70. The Labute approximate surface area is 188 Å². The van der Waals surface area contributed by atoms with Gasteiger partial charge in [-0.3, -0.25) is 0 Å². The van der Waals surface area contributed by atoms with E-state index in [1.807, 2.05) is 30.3 Å². The van der Waals surface area contributed by atoms with Gasteiger partial charge in [0.1, 0.15) is 0 Å². The maximum Gasteiger partial charge on any atom is 0.338 e. The Morgan fingerprint density at radius 3 is 1.94 bits per heavy atom. The molecule has 0 atom stereocenters. The molecule has 0 aliphatic rings. The van der Waals surface area contributed by atoms with Crippen LogP contribution in [0.5, 0.6) is 0 Å². The molecule has 32 heavy (non-hydrogen) atoms. The lowest BCUT2D eigenvalue weighted by Crippen LogP contribution is -2.03. The van der Waals surface area contributed by atoms with Crippen molar-refractivity contribution in [1.29, 1.82) is 0 Å². The Hall–Kier alpha value is -3.85. The number of nitrogens with zero attached hydrogens (tertiary/aromatic N) is 3. The Morgan fingerprint density at radius 1 is 0.875 bits per heavy atom. The van der Waals surface area contributed by atoms with Crippen LogP contribution < -0.4 is 0 Å². The van der Waals surface area contributed by atoms with Gasteiger partial charge >= 0.3 is 11.9 Å². The molecule has 0 spiro atoms. The summed E-state index contributed by atoms with van der Waals surface area (Å²) in [5.41, 5.74) is 3.70. The molecule has 0 aliphatic carbocycles. The van der Waals surface area contributed by atoms with Gasteiger partial charge in [0.05, 0.1) is 24.3 Å². The van der Waals surface area contributed by atoms with E-state index in [0.29, 0.717) is 30.2 Å². The van der Waals surface area contributed by atoms with E-state index in [1.165, 1.54) is 0 Å². The number of rotatable bonds is 7. The summed E-state index contributed by atoms with van der Waals surface area (Å²) in [6.45, 7) is 4.21. The van der Waals surface area contributed by atoms with Crippen molar-refractivity contribution >= 4 is 23.3 Å². The van der Waals surface area contributed by atoms with E-state index in [4.69, 9.17) is 9.47 Å². The predicted molar refractivity (Wildman–Crippen MR) is 120 cm³/mol. The lowest BCUT2D eigenvalue weighted by molar-refractivity contribution is 0.0517. The molecule has 0 saturated heterocycles. The highest BCUT2D eigenvalue weighted by Gasteiger charge is 2.18. The summed E-state index contributed by atoms with van der Waals surface area (Å²) >= 11 is 1.57. The van der Waals surface area contributed by atoms with Crippen LogP contribution in [0.15, 0.2) is 54.6 Å². The summed E-state index contributed by atoms with van der Waals surface area (Å²) in [7, 11) is 0. The second kappa shape index (κ2) is 9.52. The molecular weight excluding hydrogens is 428 g/mol. The fourth-order valence-corrected chi connectivity index (χ4v) is 4.32. The van der Waals surface area contributed by atoms with E-state index in [1.54, 1.807) is 49.4 Å². The first-order valence-corrected chi connectivity index (χ1v) is 10.9. The number of thiophene rings is 1. The molecule has 2 aromatic carbocycles. The van der Waals surface area contributed by atoms with Crippen molar-refractivity contribution in [3.63, 3.8) is 0 Å². The molecule has 0 radical (unpaired) electrons. The molecule has 1 N–H and O–H groups in total. The summed E-state index contributed by atoms with van der Waals surface area (Å²) < 4.78 is 10.1. The zero-order valence-electron chi connectivity index (χ0n) is 17.5. The fraction of sp³-hybridized carbons (Fsp3) is 0.174. The number of carbonyl (C=O) groups is 2. The van der Waals surface area contributed by atoms with Crippen LogP contribution >= 0.6 is 11.3 Å². The molecule has 2 heterocycles. The molecule has 9 heteroatoms. The summed E-state index contributed by atoms with van der Waals surface area (Å²) in [6, 6.07) is 16.5. The predicted octanol–water partition coefficient (Wildman–Crippen LogP) is 4.62. The van der Waals surface area contributed by atoms with E-state index in [2.05, 4.69) is 20.6 Å². The van der Waals surface area contributed by atoms with Crippen LogP contribution in [0, 0.1) is 0 Å².